The number of hydrogen-bond acceptors (Lipinski definition) is 5. The van der Waals surface area contributed by atoms with Crippen LogP contribution in [0.15, 0.2) is 194 Å². The number of nitrogens with zero attached hydrogens (tertiary/aromatic N) is 4. The largest absolute Gasteiger partial charge is 0.456 e. The highest BCUT2D eigenvalue weighted by molar-refractivity contribution is 6.12. The van der Waals surface area contributed by atoms with Crippen molar-refractivity contribution in [1.29, 1.82) is 0 Å². The summed E-state index contributed by atoms with van der Waals surface area (Å²) in [6.07, 6.45) is 0. The van der Waals surface area contributed by atoms with Crippen LogP contribution in [0, 0.1) is 0 Å². The smallest absolute Gasteiger partial charge is 0.164 e. The van der Waals surface area contributed by atoms with Crippen LogP contribution < -0.4 is 9.64 Å². The molecular formula is C49H32N4O. The molecule has 254 valence electrons. The zero-order valence-corrected chi connectivity index (χ0v) is 29.2. The molecule has 8 aromatic carbocycles. The van der Waals surface area contributed by atoms with E-state index < -0.39 is 0 Å². The highest BCUT2D eigenvalue weighted by Gasteiger charge is 2.28. The molecule has 0 spiro atoms. The molecule has 0 aliphatic carbocycles. The summed E-state index contributed by atoms with van der Waals surface area (Å²) in [6.45, 7) is 0. The molecule has 0 atom stereocenters. The van der Waals surface area contributed by atoms with Crippen LogP contribution in [0.4, 0.5) is 17.1 Å². The molecule has 0 radical (unpaired) electrons. The highest BCUT2D eigenvalue weighted by Crippen LogP contribution is 2.53. The first kappa shape index (κ1) is 31.4. The number of para-hydroxylation sites is 1. The van der Waals surface area contributed by atoms with E-state index in [4.69, 9.17) is 19.7 Å². The lowest BCUT2D eigenvalue weighted by Crippen LogP contribution is -2.12. The van der Waals surface area contributed by atoms with Crippen LogP contribution in [0.3, 0.4) is 0 Å². The Bertz CT molecular complexity index is 2710. The molecule has 0 N–H and O–H groups in total. The standard InChI is InChI=1S/C49H32N4O/c1-5-15-33(16-6-1)34-27-29-38(30-28-34)53(37-21-11-4-12-22-37)42-25-14-26-43-46(42)41-24-13-23-39-40(31-32-44(54-43)45(39)41)49-51-47(35-17-7-2-8-18-35)50-48(52-49)36-19-9-3-10-20-36/h1-32H. The molecule has 2 heterocycles. The van der Waals surface area contributed by atoms with Crippen LogP contribution in [-0.2, 0) is 0 Å². The fraction of sp³-hybridized carbons (Fsp3) is 0. The van der Waals surface area contributed by atoms with Gasteiger partial charge < -0.3 is 9.64 Å². The minimum Gasteiger partial charge on any atom is -0.456 e. The highest BCUT2D eigenvalue weighted by atomic mass is 16.5. The normalized spacial score (nSPS) is 11.5. The zero-order chi connectivity index (χ0) is 35.8. The Morgan fingerprint density at radius 3 is 1.54 bits per heavy atom. The lowest BCUT2D eigenvalue weighted by atomic mass is 9.90. The maximum atomic E-state index is 6.79. The monoisotopic (exact) mass is 692 g/mol. The summed E-state index contributed by atoms with van der Waals surface area (Å²) in [5.74, 6) is 3.46. The van der Waals surface area contributed by atoms with Gasteiger partial charge in [0, 0.05) is 39.0 Å². The van der Waals surface area contributed by atoms with Crippen molar-refractivity contribution in [3.63, 3.8) is 0 Å². The van der Waals surface area contributed by atoms with Gasteiger partial charge in [-0.1, -0.05) is 146 Å². The molecule has 10 rings (SSSR count). The first-order chi connectivity index (χ1) is 26.8. The topological polar surface area (TPSA) is 51.1 Å². The molecule has 0 amide bonds. The summed E-state index contributed by atoms with van der Waals surface area (Å²) in [6, 6.07) is 66.8. The summed E-state index contributed by atoms with van der Waals surface area (Å²) in [5, 5.41) is 2.03. The van der Waals surface area contributed by atoms with Gasteiger partial charge in [-0.2, -0.15) is 0 Å². The van der Waals surface area contributed by atoms with E-state index in [9.17, 15) is 0 Å². The van der Waals surface area contributed by atoms with Crippen LogP contribution in [0.5, 0.6) is 11.5 Å². The second-order valence-electron chi connectivity index (χ2n) is 13.2. The molecule has 0 fully saturated rings. The Hall–Kier alpha value is -7.37. The van der Waals surface area contributed by atoms with E-state index >= 15 is 0 Å². The van der Waals surface area contributed by atoms with Gasteiger partial charge in [-0.15, -0.1) is 0 Å². The molecular weight excluding hydrogens is 661 g/mol. The molecule has 9 aromatic rings. The molecule has 1 aliphatic heterocycles. The van der Waals surface area contributed by atoms with Gasteiger partial charge in [0.05, 0.1) is 5.69 Å². The van der Waals surface area contributed by atoms with E-state index in [1.54, 1.807) is 0 Å². The number of benzene rings is 8. The molecule has 0 bridgehead atoms. The molecule has 0 unspecified atom stereocenters. The van der Waals surface area contributed by atoms with Crippen molar-refractivity contribution < 1.29 is 4.74 Å². The Morgan fingerprint density at radius 1 is 0.352 bits per heavy atom. The van der Waals surface area contributed by atoms with Gasteiger partial charge in [0.2, 0.25) is 0 Å². The fourth-order valence-electron chi connectivity index (χ4n) is 7.41. The van der Waals surface area contributed by atoms with E-state index in [1.807, 2.05) is 72.8 Å². The maximum Gasteiger partial charge on any atom is 0.164 e. The molecule has 1 aliphatic rings. The number of hydrogen-bond donors (Lipinski definition) is 0. The van der Waals surface area contributed by atoms with Gasteiger partial charge in [0.25, 0.3) is 0 Å². The van der Waals surface area contributed by atoms with Crippen molar-refractivity contribution in [2.24, 2.45) is 0 Å². The van der Waals surface area contributed by atoms with Gasteiger partial charge >= 0.3 is 0 Å². The minimum atomic E-state index is 0.606. The summed E-state index contributed by atoms with van der Waals surface area (Å²) >= 11 is 0. The minimum absolute atomic E-state index is 0.606. The van der Waals surface area contributed by atoms with Crippen molar-refractivity contribution in [1.82, 2.24) is 15.0 Å². The van der Waals surface area contributed by atoms with Crippen LogP contribution in [0.2, 0.25) is 0 Å². The number of ether oxygens (including phenoxy) is 1. The molecule has 54 heavy (non-hydrogen) atoms. The average molecular weight is 693 g/mol. The Balaban J connectivity index is 1.15. The molecule has 0 saturated carbocycles. The molecule has 5 nitrogen and oxygen atoms in total. The summed E-state index contributed by atoms with van der Waals surface area (Å²) in [5.41, 5.74) is 10.4. The number of fused-ring (bicyclic) bond motifs is 2. The summed E-state index contributed by atoms with van der Waals surface area (Å²) < 4.78 is 6.79. The van der Waals surface area contributed by atoms with E-state index in [0.717, 1.165) is 67.2 Å². The van der Waals surface area contributed by atoms with E-state index in [-0.39, 0.29) is 0 Å². The van der Waals surface area contributed by atoms with Crippen LogP contribution in [0.1, 0.15) is 0 Å². The molecule has 1 aromatic heterocycles. The molecule has 5 heteroatoms. The number of rotatable bonds is 7. The van der Waals surface area contributed by atoms with Crippen molar-refractivity contribution in [2.45, 2.75) is 0 Å². The van der Waals surface area contributed by atoms with Gasteiger partial charge in [0.15, 0.2) is 17.5 Å². The van der Waals surface area contributed by atoms with Crippen LogP contribution in [-0.4, -0.2) is 15.0 Å². The Morgan fingerprint density at radius 2 is 0.889 bits per heavy atom. The van der Waals surface area contributed by atoms with Crippen LogP contribution in [0.25, 0.3) is 67.2 Å². The first-order valence-electron chi connectivity index (χ1n) is 18.0. The number of anilines is 3. The third-order valence-electron chi connectivity index (χ3n) is 9.92. The van der Waals surface area contributed by atoms with Crippen molar-refractivity contribution in [3.05, 3.63) is 194 Å². The SMILES string of the molecule is c1ccc(-c2ccc(N(c3ccccc3)c3cccc4c3-c3cccc5c(-c6nc(-c7ccccc7)nc(-c7ccccc7)n6)ccc(c35)O4)cc2)cc1. The maximum absolute atomic E-state index is 6.79. The molecule has 0 saturated heterocycles. The zero-order valence-electron chi connectivity index (χ0n) is 29.2. The Kier molecular flexibility index (Phi) is 7.73. The summed E-state index contributed by atoms with van der Waals surface area (Å²) in [4.78, 5) is 17.4. The fourth-order valence-corrected chi connectivity index (χ4v) is 7.41. The average Bonchev–Trinajstić information content (AvgIpc) is 3.25. The Labute approximate surface area is 313 Å². The summed E-state index contributed by atoms with van der Waals surface area (Å²) in [7, 11) is 0. The van der Waals surface area contributed by atoms with Gasteiger partial charge in [0.1, 0.15) is 11.5 Å². The predicted octanol–water partition coefficient (Wildman–Crippen LogP) is 12.9. The van der Waals surface area contributed by atoms with Gasteiger partial charge in [-0.3, -0.25) is 0 Å². The van der Waals surface area contributed by atoms with E-state index in [0.29, 0.717) is 17.5 Å². The number of aromatic nitrogens is 3. The van der Waals surface area contributed by atoms with Gasteiger partial charge in [-0.05, 0) is 70.6 Å². The van der Waals surface area contributed by atoms with Crippen molar-refractivity contribution >= 4 is 27.8 Å². The lowest BCUT2D eigenvalue weighted by Gasteiger charge is -2.31. The second kappa shape index (κ2) is 13.3. The third-order valence-corrected chi connectivity index (χ3v) is 9.92. The van der Waals surface area contributed by atoms with Crippen LogP contribution >= 0.6 is 0 Å². The quantitative estimate of drug-likeness (QED) is 0.166. The predicted molar refractivity (Wildman–Crippen MR) is 219 cm³/mol. The van der Waals surface area contributed by atoms with E-state index in [2.05, 4.69) is 126 Å². The second-order valence-corrected chi connectivity index (χ2v) is 13.2. The van der Waals surface area contributed by atoms with Crippen molar-refractivity contribution in [2.75, 3.05) is 4.90 Å². The first-order valence-corrected chi connectivity index (χ1v) is 18.0. The van der Waals surface area contributed by atoms with Gasteiger partial charge in [-0.25, -0.2) is 15.0 Å². The van der Waals surface area contributed by atoms with Crippen molar-refractivity contribution in [3.8, 4) is 67.9 Å². The van der Waals surface area contributed by atoms with E-state index in [1.165, 1.54) is 11.1 Å². The lowest BCUT2D eigenvalue weighted by molar-refractivity contribution is 0.487. The third kappa shape index (κ3) is 5.56.